The number of urea groups is 1. The third kappa shape index (κ3) is 5.98. The number of ether oxygens (including phenoxy) is 1. The first-order chi connectivity index (χ1) is 17.9. The number of anilines is 3. The van der Waals surface area contributed by atoms with Crippen molar-refractivity contribution >= 4 is 44.1 Å². The van der Waals surface area contributed by atoms with Gasteiger partial charge in [-0.05, 0) is 60.0 Å². The highest BCUT2D eigenvalue weighted by molar-refractivity contribution is 7.90. The van der Waals surface area contributed by atoms with Gasteiger partial charge in [0.05, 0.1) is 5.39 Å². The number of nitrogen functional groups attached to an aromatic ring is 1. The lowest BCUT2D eigenvalue weighted by atomic mass is 10.0. The van der Waals surface area contributed by atoms with Gasteiger partial charge in [0.2, 0.25) is 0 Å². The Balaban J connectivity index is 1.45. The zero-order valence-corrected chi connectivity index (χ0v) is 20.7. The average Bonchev–Trinajstić information content (AvgIpc) is 3.23. The standard InChI is InChI=1S/C24H23F3N6O4S/c1-14-3-2-4-17(13-14)31-23(34)30-16-7-5-15(6-8-16)18-9-10-19(21-20(18)22(28)33-32-21)37-12-11-29-38(35,36)24(25,26)27/h2-10,13,29H,11-12H2,1H3,(H3,28,32,33)(H2,30,31,34). The molecule has 38 heavy (non-hydrogen) atoms. The van der Waals surface area contributed by atoms with Gasteiger partial charge < -0.3 is 21.1 Å². The van der Waals surface area contributed by atoms with Crippen molar-refractivity contribution in [1.29, 1.82) is 0 Å². The second-order valence-electron chi connectivity index (χ2n) is 8.19. The van der Waals surface area contributed by atoms with Gasteiger partial charge in [-0.2, -0.15) is 18.3 Å². The quantitative estimate of drug-likeness (QED) is 0.203. The number of nitrogens with one attached hydrogen (secondary N) is 4. The molecule has 0 unspecified atom stereocenters. The summed E-state index contributed by atoms with van der Waals surface area (Å²) in [5.74, 6) is 0.392. The van der Waals surface area contributed by atoms with Gasteiger partial charge in [0, 0.05) is 17.9 Å². The summed E-state index contributed by atoms with van der Waals surface area (Å²) in [6.45, 7) is 0.959. The SMILES string of the molecule is Cc1cccc(NC(=O)Nc2ccc(-c3ccc(OCCNS(=O)(=O)C(F)(F)F)c4[nH]nc(N)c34)cc2)c1. The number of carbonyl (C=O) groups excluding carboxylic acids is 1. The van der Waals surface area contributed by atoms with Gasteiger partial charge in [0.25, 0.3) is 0 Å². The number of H-pyrrole nitrogens is 1. The van der Waals surface area contributed by atoms with Gasteiger partial charge in [-0.3, -0.25) is 5.10 Å². The highest BCUT2D eigenvalue weighted by Gasteiger charge is 2.45. The van der Waals surface area contributed by atoms with Crippen molar-refractivity contribution in [1.82, 2.24) is 14.9 Å². The Morgan fingerprint density at radius 2 is 1.76 bits per heavy atom. The van der Waals surface area contributed by atoms with E-state index in [4.69, 9.17) is 10.5 Å². The van der Waals surface area contributed by atoms with Crippen LogP contribution in [0.2, 0.25) is 0 Å². The van der Waals surface area contributed by atoms with E-state index in [1.54, 1.807) is 42.5 Å². The van der Waals surface area contributed by atoms with Crippen LogP contribution in [-0.4, -0.2) is 43.3 Å². The Kier molecular flexibility index (Phi) is 7.46. The number of sulfonamides is 1. The molecule has 10 nitrogen and oxygen atoms in total. The van der Waals surface area contributed by atoms with Gasteiger partial charge in [-0.1, -0.05) is 24.3 Å². The molecule has 0 radical (unpaired) electrons. The first kappa shape index (κ1) is 26.8. The molecule has 1 aromatic heterocycles. The first-order valence-corrected chi connectivity index (χ1v) is 12.6. The summed E-state index contributed by atoms with van der Waals surface area (Å²) >= 11 is 0. The number of amides is 2. The number of halogens is 3. The van der Waals surface area contributed by atoms with Gasteiger partial charge in [-0.15, -0.1) is 0 Å². The summed E-state index contributed by atoms with van der Waals surface area (Å²) in [7, 11) is -5.46. The molecule has 6 N–H and O–H groups in total. The minimum absolute atomic E-state index is 0.165. The van der Waals surface area contributed by atoms with Crippen molar-refractivity contribution < 1.29 is 31.1 Å². The van der Waals surface area contributed by atoms with Crippen LogP contribution in [0.5, 0.6) is 5.75 Å². The first-order valence-electron chi connectivity index (χ1n) is 11.1. The van der Waals surface area contributed by atoms with Crippen LogP contribution in [0, 0.1) is 6.92 Å². The van der Waals surface area contributed by atoms with Gasteiger partial charge in [0.15, 0.2) is 5.82 Å². The number of rotatable bonds is 8. The Labute approximate surface area is 215 Å². The molecule has 3 aromatic carbocycles. The summed E-state index contributed by atoms with van der Waals surface area (Å²) in [5, 5.41) is 12.8. The number of nitrogens with two attached hydrogens (primary N) is 1. The number of benzene rings is 3. The van der Waals surface area contributed by atoms with E-state index in [1.807, 2.05) is 25.1 Å². The lowest BCUT2D eigenvalue weighted by Crippen LogP contribution is -2.38. The van der Waals surface area contributed by atoms with E-state index in [1.165, 1.54) is 4.72 Å². The van der Waals surface area contributed by atoms with E-state index in [-0.39, 0.29) is 18.2 Å². The minimum Gasteiger partial charge on any atom is -0.490 e. The fourth-order valence-electron chi connectivity index (χ4n) is 3.66. The van der Waals surface area contributed by atoms with Gasteiger partial charge >= 0.3 is 21.6 Å². The molecule has 1 heterocycles. The molecule has 0 saturated heterocycles. The number of aromatic amines is 1. The number of aryl methyl sites for hydroxylation is 1. The molecule has 2 amide bonds. The molecule has 0 bridgehead atoms. The molecular formula is C24H23F3N6O4S. The number of alkyl halides is 3. The van der Waals surface area contributed by atoms with Gasteiger partial charge in [-0.25, -0.2) is 17.9 Å². The van der Waals surface area contributed by atoms with Crippen LogP contribution in [-0.2, 0) is 10.0 Å². The van der Waals surface area contributed by atoms with Crippen molar-refractivity contribution in [3.63, 3.8) is 0 Å². The normalized spacial score (nSPS) is 11.9. The number of hydrogen-bond acceptors (Lipinski definition) is 6. The van der Waals surface area contributed by atoms with E-state index < -0.39 is 28.1 Å². The van der Waals surface area contributed by atoms with E-state index in [0.29, 0.717) is 27.8 Å². The fourth-order valence-corrected chi connectivity index (χ4v) is 4.18. The minimum atomic E-state index is -5.46. The second kappa shape index (κ2) is 10.6. The smallest absolute Gasteiger partial charge is 0.490 e. The average molecular weight is 549 g/mol. The lowest BCUT2D eigenvalue weighted by Gasteiger charge is -2.12. The molecule has 0 spiro atoms. The van der Waals surface area contributed by atoms with Crippen LogP contribution in [0.3, 0.4) is 0 Å². The Bertz CT molecular complexity index is 1570. The molecule has 4 aromatic rings. The Hall–Kier alpha value is -4.30. The van der Waals surface area contributed by atoms with E-state index in [9.17, 15) is 26.4 Å². The number of hydrogen-bond donors (Lipinski definition) is 5. The molecule has 0 atom stereocenters. The van der Waals surface area contributed by atoms with Crippen molar-refractivity contribution in [3.8, 4) is 16.9 Å². The van der Waals surface area contributed by atoms with Crippen molar-refractivity contribution in [3.05, 3.63) is 66.2 Å². The van der Waals surface area contributed by atoms with Crippen LogP contribution in [0.4, 0.5) is 35.2 Å². The fraction of sp³-hybridized carbons (Fsp3) is 0.167. The monoisotopic (exact) mass is 548 g/mol. The maximum atomic E-state index is 12.4. The Morgan fingerprint density at radius 3 is 2.45 bits per heavy atom. The zero-order chi connectivity index (χ0) is 27.5. The molecular weight excluding hydrogens is 525 g/mol. The predicted octanol–water partition coefficient (Wildman–Crippen LogP) is 4.58. The maximum absolute atomic E-state index is 12.4. The summed E-state index contributed by atoms with van der Waals surface area (Å²) in [6, 6.07) is 17.2. The largest absolute Gasteiger partial charge is 0.511 e. The highest BCUT2D eigenvalue weighted by Crippen LogP contribution is 2.36. The van der Waals surface area contributed by atoms with Crippen molar-refractivity contribution in [2.24, 2.45) is 0 Å². The molecule has 0 aliphatic carbocycles. The topological polar surface area (TPSA) is 151 Å². The number of aromatic nitrogens is 2. The molecule has 200 valence electrons. The van der Waals surface area contributed by atoms with Crippen LogP contribution in [0.15, 0.2) is 60.7 Å². The summed E-state index contributed by atoms with van der Waals surface area (Å²) < 4.78 is 66.5. The lowest BCUT2D eigenvalue weighted by molar-refractivity contribution is -0.0448. The van der Waals surface area contributed by atoms with Crippen molar-refractivity contribution in [2.45, 2.75) is 12.4 Å². The number of fused-ring (bicyclic) bond motifs is 1. The summed E-state index contributed by atoms with van der Waals surface area (Å²) in [6.07, 6.45) is 0. The third-order valence-corrected chi connectivity index (χ3v) is 6.59. The van der Waals surface area contributed by atoms with Crippen LogP contribution in [0.1, 0.15) is 5.56 Å². The van der Waals surface area contributed by atoms with E-state index in [2.05, 4.69) is 20.8 Å². The molecule has 0 saturated carbocycles. The van der Waals surface area contributed by atoms with Crippen LogP contribution >= 0.6 is 0 Å². The van der Waals surface area contributed by atoms with Gasteiger partial charge in [0.1, 0.15) is 17.9 Å². The van der Waals surface area contributed by atoms with Crippen molar-refractivity contribution in [2.75, 3.05) is 29.5 Å². The van der Waals surface area contributed by atoms with E-state index >= 15 is 0 Å². The zero-order valence-electron chi connectivity index (χ0n) is 19.9. The maximum Gasteiger partial charge on any atom is 0.511 e. The molecule has 0 aliphatic rings. The second-order valence-corrected chi connectivity index (χ2v) is 9.95. The molecule has 14 heteroatoms. The summed E-state index contributed by atoms with van der Waals surface area (Å²) in [4.78, 5) is 12.3. The third-order valence-electron chi connectivity index (χ3n) is 5.40. The number of carbonyl (C=O) groups is 1. The van der Waals surface area contributed by atoms with E-state index in [0.717, 1.165) is 11.1 Å². The van der Waals surface area contributed by atoms with Crippen LogP contribution in [0.25, 0.3) is 22.0 Å². The summed E-state index contributed by atoms with van der Waals surface area (Å²) in [5.41, 5.74) is 4.69. The predicted molar refractivity (Wildman–Crippen MR) is 138 cm³/mol. The highest BCUT2D eigenvalue weighted by atomic mass is 32.2. The number of nitrogens with zero attached hydrogens (tertiary/aromatic N) is 1. The Morgan fingerprint density at radius 1 is 1.05 bits per heavy atom. The molecule has 4 rings (SSSR count). The van der Waals surface area contributed by atoms with Crippen LogP contribution < -0.4 is 25.8 Å². The molecule has 0 fully saturated rings. The molecule has 0 aliphatic heterocycles.